The van der Waals surface area contributed by atoms with Gasteiger partial charge in [-0.05, 0) is 0 Å². The first-order chi connectivity index (χ1) is 8.58. The second-order valence-electron chi connectivity index (χ2n) is 3.19. The van der Waals surface area contributed by atoms with E-state index in [1.807, 2.05) is 0 Å². The molecule has 0 fully saturated rings. The Balaban J connectivity index is 2.79. The molecule has 0 aliphatic heterocycles. The van der Waals surface area contributed by atoms with Crippen molar-refractivity contribution in [1.29, 1.82) is 0 Å². The summed E-state index contributed by atoms with van der Waals surface area (Å²) >= 11 is 0. The normalized spacial score (nSPS) is 9.67. The molecule has 0 spiro atoms. The van der Waals surface area contributed by atoms with Crippen molar-refractivity contribution in [2.45, 2.75) is 0 Å². The second kappa shape index (κ2) is 6.38. The maximum atomic E-state index is 11.9. The summed E-state index contributed by atoms with van der Waals surface area (Å²) in [6.45, 7) is -0.768. The number of hydrogen-bond acceptors (Lipinski definition) is 7. The molecule has 8 heteroatoms. The fourth-order valence-electron chi connectivity index (χ4n) is 1.12. The molecule has 0 radical (unpaired) electrons. The van der Waals surface area contributed by atoms with Crippen LogP contribution >= 0.6 is 0 Å². The molecule has 1 rings (SSSR count). The number of esters is 2. The van der Waals surface area contributed by atoms with Crippen LogP contribution in [0.15, 0.2) is 16.8 Å². The number of carbonyl (C=O) groups is 3. The van der Waals surface area contributed by atoms with Gasteiger partial charge in [0.15, 0.2) is 0 Å². The lowest BCUT2D eigenvalue weighted by molar-refractivity contribution is -0.144. The summed E-state index contributed by atoms with van der Waals surface area (Å²) < 4.78 is 13.5. The summed E-state index contributed by atoms with van der Waals surface area (Å²) in [5.74, 6) is -2.05. The molecule has 8 nitrogen and oxygen atoms in total. The van der Waals surface area contributed by atoms with Gasteiger partial charge in [-0.3, -0.25) is 14.4 Å². The highest BCUT2D eigenvalue weighted by Gasteiger charge is 2.24. The summed E-state index contributed by atoms with van der Waals surface area (Å²) in [4.78, 5) is 35.1. The molecule has 0 saturated heterocycles. The Hall–Kier alpha value is -2.38. The Bertz CT molecular complexity index is 410. The van der Waals surface area contributed by atoms with Crippen LogP contribution in [0.25, 0.3) is 0 Å². The number of ether oxygens (including phenoxy) is 2. The van der Waals surface area contributed by atoms with Gasteiger partial charge in [-0.1, -0.05) is 5.16 Å². The van der Waals surface area contributed by atoms with Crippen molar-refractivity contribution in [1.82, 2.24) is 10.1 Å². The van der Waals surface area contributed by atoms with Gasteiger partial charge < -0.3 is 18.9 Å². The molecule has 1 heterocycles. The van der Waals surface area contributed by atoms with Crippen LogP contribution in [-0.2, 0) is 19.1 Å². The van der Waals surface area contributed by atoms with E-state index in [4.69, 9.17) is 0 Å². The first-order valence-electron chi connectivity index (χ1n) is 4.92. The molecule has 18 heavy (non-hydrogen) atoms. The maximum absolute atomic E-state index is 11.9. The molecule has 98 valence electrons. The smallest absolute Gasteiger partial charge is 0.325 e. The van der Waals surface area contributed by atoms with Crippen molar-refractivity contribution >= 4 is 17.8 Å². The van der Waals surface area contributed by atoms with Crippen molar-refractivity contribution in [3.63, 3.8) is 0 Å². The molecule has 0 aliphatic rings. The fraction of sp³-hybridized carbons (Fsp3) is 0.400. The predicted molar refractivity (Wildman–Crippen MR) is 56.4 cm³/mol. The molecule has 0 bridgehead atoms. The predicted octanol–water partition coefficient (Wildman–Crippen LogP) is -0.537. The lowest BCUT2D eigenvalue weighted by atomic mass is 10.3. The van der Waals surface area contributed by atoms with E-state index < -0.39 is 17.8 Å². The Labute approximate surface area is 102 Å². The molecule has 0 unspecified atom stereocenters. The van der Waals surface area contributed by atoms with Crippen LogP contribution in [-0.4, -0.2) is 55.2 Å². The topological polar surface area (TPSA) is 98.9 Å². The van der Waals surface area contributed by atoms with Crippen molar-refractivity contribution < 1.29 is 28.4 Å². The standard InChI is InChI=1S/C10H12N2O6/c1-16-8(13)5-12(6-9(14)17-2)10(15)7-3-4-11-18-7/h3-4H,5-6H2,1-2H3. The van der Waals surface area contributed by atoms with Gasteiger partial charge in [0.25, 0.3) is 5.91 Å². The third-order valence-corrected chi connectivity index (χ3v) is 2.03. The van der Waals surface area contributed by atoms with Crippen LogP contribution < -0.4 is 0 Å². The van der Waals surface area contributed by atoms with Crippen LogP contribution in [0.1, 0.15) is 10.6 Å². The largest absolute Gasteiger partial charge is 0.468 e. The number of amides is 1. The zero-order valence-corrected chi connectivity index (χ0v) is 9.91. The first kappa shape index (κ1) is 13.7. The minimum Gasteiger partial charge on any atom is -0.468 e. The lowest BCUT2D eigenvalue weighted by Gasteiger charge is -2.18. The summed E-state index contributed by atoms with van der Waals surface area (Å²) in [5.41, 5.74) is 0. The average Bonchev–Trinajstić information content (AvgIpc) is 2.90. The second-order valence-corrected chi connectivity index (χ2v) is 3.19. The van der Waals surface area contributed by atoms with E-state index in [2.05, 4.69) is 19.2 Å². The van der Waals surface area contributed by atoms with Gasteiger partial charge in [0.1, 0.15) is 13.1 Å². The molecular formula is C10H12N2O6. The van der Waals surface area contributed by atoms with Crippen LogP contribution in [0.4, 0.5) is 0 Å². The van der Waals surface area contributed by atoms with Gasteiger partial charge in [-0.15, -0.1) is 0 Å². The summed E-state index contributed by atoms with van der Waals surface area (Å²) in [5, 5.41) is 3.37. The van der Waals surface area contributed by atoms with Gasteiger partial charge >= 0.3 is 11.9 Å². The van der Waals surface area contributed by atoms with Crippen molar-refractivity contribution in [2.75, 3.05) is 27.3 Å². The number of rotatable bonds is 5. The van der Waals surface area contributed by atoms with Crippen molar-refractivity contribution in [3.05, 3.63) is 18.0 Å². The Morgan fingerprint density at radius 1 is 1.22 bits per heavy atom. The van der Waals surface area contributed by atoms with E-state index in [0.717, 1.165) is 4.90 Å². The van der Waals surface area contributed by atoms with E-state index in [0.29, 0.717) is 0 Å². The summed E-state index contributed by atoms with van der Waals surface area (Å²) in [7, 11) is 2.36. The molecular weight excluding hydrogens is 244 g/mol. The highest BCUT2D eigenvalue weighted by molar-refractivity contribution is 5.95. The SMILES string of the molecule is COC(=O)CN(CC(=O)OC)C(=O)c1ccno1. The molecule has 1 aromatic rings. The quantitative estimate of drug-likeness (QED) is 0.652. The third-order valence-electron chi connectivity index (χ3n) is 2.03. The summed E-state index contributed by atoms with van der Waals surface area (Å²) in [6, 6.07) is 1.32. The minimum absolute atomic E-state index is 0.0807. The van der Waals surface area contributed by atoms with Gasteiger partial charge in [-0.25, -0.2) is 0 Å². The lowest BCUT2D eigenvalue weighted by Crippen LogP contribution is -2.40. The van der Waals surface area contributed by atoms with Crippen LogP contribution in [0.2, 0.25) is 0 Å². The Kier molecular flexibility index (Phi) is 4.85. The van der Waals surface area contributed by atoms with Crippen molar-refractivity contribution in [2.24, 2.45) is 0 Å². The fourth-order valence-corrected chi connectivity index (χ4v) is 1.12. The number of hydrogen-bond donors (Lipinski definition) is 0. The molecule has 0 aromatic carbocycles. The number of aromatic nitrogens is 1. The monoisotopic (exact) mass is 256 g/mol. The maximum Gasteiger partial charge on any atom is 0.325 e. The average molecular weight is 256 g/mol. The Morgan fingerprint density at radius 2 is 1.78 bits per heavy atom. The van der Waals surface area contributed by atoms with E-state index in [9.17, 15) is 14.4 Å². The molecule has 0 N–H and O–H groups in total. The summed E-state index contributed by atoms with van der Waals surface area (Å²) in [6.07, 6.45) is 1.28. The highest BCUT2D eigenvalue weighted by Crippen LogP contribution is 2.04. The third kappa shape index (κ3) is 3.58. The van der Waals surface area contributed by atoms with Gasteiger partial charge in [0, 0.05) is 6.07 Å². The number of carbonyl (C=O) groups excluding carboxylic acids is 3. The number of nitrogens with zero attached hydrogens (tertiary/aromatic N) is 2. The van der Waals surface area contributed by atoms with Gasteiger partial charge in [-0.2, -0.15) is 0 Å². The van der Waals surface area contributed by atoms with E-state index in [-0.39, 0.29) is 18.8 Å². The van der Waals surface area contributed by atoms with Gasteiger partial charge in [0.05, 0.1) is 20.4 Å². The Morgan fingerprint density at radius 3 is 2.17 bits per heavy atom. The zero-order valence-electron chi connectivity index (χ0n) is 9.91. The highest BCUT2D eigenvalue weighted by atomic mass is 16.5. The van der Waals surface area contributed by atoms with Crippen molar-refractivity contribution in [3.8, 4) is 0 Å². The number of methoxy groups -OCH3 is 2. The van der Waals surface area contributed by atoms with Gasteiger partial charge in [0.2, 0.25) is 5.76 Å². The minimum atomic E-state index is -0.660. The molecule has 0 aliphatic carbocycles. The molecule has 1 aromatic heterocycles. The molecule has 0 atom stereocenters. The van der Waals surface area contributed by atoms with Crippen LogP contribution in [0, 0.1) is 0 Å². The van der Waals surface area contributed by atoms with E-state index in [1.54, 1.807) is 0 Å². The zero-order chi connectivity index (χ0) is 13.5. The first-order valence-corrected chi connectivity index (χ1v) is 4.92. The molecule has 0 saturated carbocycles. The van der Waals surface area contributed by atoms with Crippen LogP contribution in [0.3, 0.4) is 0 Å². The molecule has 1 amide bonds. The van der Waals surface area contributed by atoms with Crippen LogP contribution in [0.5, 0.6) is 0 Å². The van der Waals surface area contributed by atoms with E-state index in [1.165, 1.54) is 26.5 Å². The van der Waals surface area contributed by atoms with E-state index >= 15 is 0 Å².